The Balaban J connectivity index is 1.75. The van der Waals surface area contributed by atoms with E-state index in [4.69, 9.17) is 0 Å². The van der Waals surface area contributed by atoms with Crippen LogP contribution in [0.15, 0.2) is 29.4 Å². The highest BCUT2D eigenvalue weighted by Crippen LogP contribution is 2.29. The van der Waals surface area contributed by atoms with Crippen molar-refractivity contribution in [3.63, 3.8) is 0 Å². The van der Waals surface area contributed by atoms with Gasteiger partial charge in [0.15, 0.2) is 5.16 Å². The Morgan fingerprint density at radius 2 is 1.86 bits per heavy atom. The molecule has 3 rings (SSSR count). The van der Waals surface area contributed by atoms with Gasteiger partial charge in [0.1, 0.15) is 0 Å². The number of halogens is 2. The molecule has 0 unspecified atom stereocenters. The Hall–Kier alpha value is -1.96. The molecule has 0 N–H and O–H groups in total. The van der Waals surface area contributed by atoms with Crippen molar-refractivity contribution in [3.05, 3.63) is 24.3 Å². The molecule has 0 atom stereocenters. The number of imide groups is 1. The van der Waals surface area contributed by atoms with E-state index >= 15 is 0 Å². The van der Waals surface area contributed by atoms with Crippen molar-refractivity contribution in [2.24, 2.45) is 0 Å². The number of thioether (sulfide) groups is 1. The molecule has 1 aromatic heterocycles. The van der Waals surface area contributed by atoms with Crippen molar-refractivity contribution in [2.75, 3.05) is 12.3 Å². The van der Waals surface area contributed by atoms with Gasteiger partial charge in [-0.25, -0.2) is 4.98 Å². The Labute approximate surface area is 129 Å². The number of amides is 2. The molecule has 0 aliphatic carbocycles. The van der Waals surface area contributed by atoms with Gasteiger partial charge in [-0.15, -0.1) is 0 Å². The fourth-order valence-corrected chi connectivity index (χ4v) is 3.35. The monoisotopic (exact) mass is 325 g/mol. The fourth-order valence-electron chi connectivity index (χ4n) is 2.41. The van der Waals surface area contributed by atoms with E-state index in [1.807, 2.05) is 0 Å². The molecule has 1 fully saturated rings. The minimum absolute atomic E-state index is 0.190. The molecule has 8 heteroatoms. The number of hydrogen-bond donors (Lipinski definition) is 0. The first kappa shape index (κ1) is 15.0. The molecule has 2 heterocycles. The molecule has 5 nitrogen and oxygen atoms in total. The first-order chi connectivity index (χ1) is 10.6. The van der Waals surface area contributed by atoms with E-state index in [9.17, 15) is 18.4 Å². The number of benzene rings is 1. The lowest BCUT2D eigenvalue weighted by molar-refractivity contribution is -0.137. The number of fused-ring (bicyclic) bond motifs is 1. The Kier molecular flexibility index (Phi) is 4.10. The summed E-state index contributed by atoms with van der Waals surface area (Å²) in [6.45, 7) is -2.47. The molecule has 1 aliphatic heterocycles. The van der Waals surface area contributed by atoms with Crippen LogP contribution in [0.1, 0.15) is 19.4 Å². The van der Waals surface area contributed by atoms with E-state index in [0.29, 0.717) is 16.8 Å². The zero-order valence-corrected chi connectivity index (χ0v) is 12.4. The summed E-state index contributed by atoms with van der Waals surface area (Å²) in [7, 11) is 0. The van der Waals surface area contributed by atoms with E-state index in [2.05, 4.69) is 4.98 Å². The molecule has 1 saturated heterocycles. The van der Waals surface area contributed by atoms with Crippen molar-refractivity contribution >= 4 is 34.6 Å². The number of para-hydroxylation sites is 2. The fraction of sp³-hybridized carbons (Fsp3) is 0.357. The molecule has 22 heavy (non-hydrogen) atoms. The number of alkyl halides is 2. The Bertz CT molecular complexity index is 716. The number of hydrogen-bond acceptors (Lipinski definition) is 4. The van der Waals surface area contributed by atoms with Gasteiger partial charge in [-0.1, -0.05) is 23.9 Å². The maximum atomic E-state index is 13.2. The largest absolute Gasteiger partial charge is 0.321 e. The minimum Gasteiger partial charge on any atom is -0.282 e. The van der Waals surface area contributed by atoms with Crippen molar-refractivity contribution in [3.8, 4) is 0 Å². The summed E-state index contributed by atoms with van der Waals surface area (Å²) >= 11 is 1.12. The van der Waals surface area contributed by atoms with Crippen LogP contribution < -0.4 is 0 Å². The molecular formula is C14H13F2N3O2S. The summed E-state index contributed by atoms with van der Waals surface area (Å²) < 4.78 is 27.3. The van der Waals surface area contributed by atoms with Gasteiger partial charge < -0.3 is 0 Å². The van der Waals surface area contributed by atoms with Crippen LogP contribution in [0.5, 0.6) is 0 Å². The lowest BCUT2D eigenvalue weighted by atomic mass is 10.3. The Morgan fingerprint density at radius 3 is 2.55 bits per heavy atom. The highest BCUT2D eigenvalue weighted by Gasteiger charge is 2.28. The van der Waals surface area contributed by atoms with Gasteiger partial charge in [0.05, 0.1) is 11.0 Å². The van der Waals surface area contributed by atoms with Crippen LogP contribution in [0, 0.1) is 0 Å². The standard InChI is InChI=1S/C14H13F2N3O2S/c15-13(16)19-10-4-2-1-3-9(10)17-14(19)22-8-7-18-11(20)5-6-12(18)21/h1-4,13H,5-8H2. The second kappa shape index (κ2) is 6.04. The predicted octanol–water partition coefficient (Wildman–Crippen LogP) is 2.67. The summed E-state index contributed by atoms with van der Waals surface area (Å²) in [5.41, 5.74) is 0.868. The summed E-state index contributed by atoms with van der Waals surface area (Å²) in [6, 6.07) is 6.68. The van der Waals surface area contributed by atoms with E-state index < -0.39 is 6.55 Å². The smallest absolute Gasteiger partial charge is 0.282 e. The average Bonchev–Trinajstić information content (AvgIpc) is 3.01. The van der Waals surface area contributed by atoms with Crippen LogP contribution in [0.3, 0.4) is 0 Å². The third kappa shape index (κ3) is 2.70. The number of carbonyl (C=O) groups is 2. The molecule has 0 saturated carbocycles. The number of carbonyl (C=O) groups excluding carboxylic acids is 2. The highest BCUT2D eigenvalue weighted by molar-refractivity contribution is 7.99. The van der Waals surface area contributed by atoms with Crippen molar-refractivity contribution in [1.82, 2.24) is 14.5 Å². The summed E-state index contributed by atoms with van der Waals surface area (Å²) in [5.74, 6) is -0.0611. The second-order valence-electron chi connectivity index (χ2n) is 4.82. The first-order valence-electron chi connectivity index (χ1n) is 6.79. The van der Waals surface area contributed by atoms with Crippen LogP contribution >= 0.6 is 11.8 Å². The van der Waals surface area contributed by atoms with Gasteiger partial charge in [0, 0.05) is 25.1 Å². The number of imidazole rings is 1. The molecule has 0 bridgehead atoms. The molecule has 0 radical (unpaired) electrons. The first-order valence-corrected chi connectivity index (χ1v) is 7.77. The van der Waals surface area contributed by atoms with Crippen molar-refractivity contribution < 1.29 is 18.4 Å². The molecule has 2 aromatic rings. The normalized spacial score (nSPS) is 15.5. The van der Waals surface area contributed by atoms with Gasteiger partial charge in [-0.3, -0.25) is 19.1 Å². The van der Waals surface area contributed by atoms with Crippen molar-refractivity contribution in [2.45, 2.75) is 24.5 Å². The van der Waals surface area contributed by atoms with Gasteiger partial charge >= 0.3 is 6.55 Å². The zero-order chi connectivity index (χ0) is 15.7. The third-order valence-corrected chi connectivity index (χ3v) is 4.39. The van der Waals surface area contributed by atoms with E-state index in [-0.39, 0.29) is 36.4 Å². The van der Waals surface area contributed by atoms with Crippen LogP contribution in [-0.2, 0) is 9.59 Å². The quantitative estimate of drug-likeness (QED) is 0.626. The predicted molar refractivity (Wildman–Crippen MR) is 77.7 cm³/mol. The third-order valence-electron chi connectivity index (χ3n) is 3.46. The molecule has 2 amide bonds. The summed E-state index contributed by atoms with van der Waals surface area (Å²) in [5, 5.41) is 0.190. The van der Waals surface area contributed by atoms with Gasteiger partial charge in [-0.05, 0) is 12.1 Å². The van der Waals surface area contributed by atoms with Crippen molar-refractivity contribution in [1.29, 1.82) is 0 Å². The topological polar surface area (TPSA) is 55.2 Å². The number of nitrogens with zero attached hydrogens (tertiary/aromatic N) is 3. The SMILES string of the molecule is O=C1CCC(=O)N1CCSc1nc2ccccc2n1C(F)F. The lowest BCUT2D eigenvalue weighted by Crippen LogP contribution is -2.31. The molecule has 0 spiro atoms. The lowest BCUT2D eigenvalue weighted by Gasteiger charge is -2.13. The van der Waals surface area contributed by atoms with Crippen LogP contribution in [0.2, 0.25) is 0 Å². The van der Waals surface area contributed by atoms with E-state index in [1.54, 1.807) is 24.3 Å². The second-order valence-corrected chi connectivity index (χ2v) is 5.88. The molecule has 116 valence electrons. The van der Waals surface area contributed by atoms with Crippen LogP contribution in [0.4, 0.5) is 8.78 Å². The maximum absolute atomic E-state index is 13.2. The highest BCUT2D eigenvalue weighted by atomic mass is 32.2. The minimum atomic E-state index is -2.69. The summed E-state index contributed by atoms with van der Waals surface area (Å²) in [4.78, 5) is 28.4. The van der Waals surface area contributed by atoms with Gasteiger partial charge in [0.25, 0.3) is 0 Å². The van der Waals surface area contributed by atoms with Gasteiger partial charge in [-0.2, -0.15) is 8.78 Å². The Morgan fingerprint density at radius 1 is 1.18 bits per heavy atom. The number of rotatable bonds is 5. The summed E-state index contributed by atoms with van der Waals surface area (Å²) in [6.07, 6.45) is 0.470. The maximum Gasteiger partial charge on any atom is 0.321 e. The van der Waals surface area contributed by atoms with E-state index in [0.717, 1.165) is 16.3 Å². The number of likely N-dealkylation sites (tertiary alicyclic amines) is 1. The zero-order valence-electron chi connectivity index (χ0n) is 11.5. The van der Waals surface area contributed by atoms with Crippen LogP contribution in [0.25, 0.3) is 11.0 Å². The molecule has 1 aliphatic rings. The molecular weight excluding hydrogens is 312 g/mol. The van der Waals surface area contributed by atoms with Crippen LogP contribution in [-0.4, -0.2) is 38.6 Å². The average molecular weight is 325 g/mol. The van der Waals surface area contributed by atoms with E-state index in [1.165, 1.54) is 4.90 Å². The molecule has 1 aromatic carbocycles. The number of aromatic nitrogens is 2. The van der Waals surface area contributed by atoms with Gasteiger partial charge in [0.2, 0.25) is 11.8 Å².